The fourth-order valence-corrected chi connectivity index (χ4v) is 5.22. The van der Waals surface area contributed by atoms with Gasteiger partial charge >= 0.3 is 12.1 Å². The Labute approximate surface area is 227 Å². The van der Waals surface area contributed by atoms with E-state index < -0.39 is 29.3 Å². The SMILES string of the molecule is COC(=O)[C@@H]1CC2(CC(=O)c3c(c(C)nc4ccc(OCc5ccccc5)cc34)O2)CN1C(=O)OC(C)(C)C. The van der Waals surface area contributed by atoms with E-state index >= 15 is 0 Å². The number of fused-ring (bicyclic) bond motifs is 3. The number of likely N-dealkylation sites (tertiary alicyclic amines) is 1. The Morgan fingerprint density at radius 1 is 1.15 bits per heavy atom. The summed E-state index contributed by atoms with van der Waals surface area (Å²) in [6.45, 7) is 7.42. The fourth-order valence-electron chi connectivity index (χ4n) is 5.22. The molecule has 0 saturated carbocycles. The number of ketones is 1. The molecule has 0 bridgehead atoms. The van der Waals surface area contributed by atoms with Crippen LogP contribution in [0.1, 0.15) is 55.2 Å². The summed E-state index contributed by atoms with van der Waals surface area (Å²) in [5, 5.41) is 0.632. The number of esters is 1. The molecule has 1 fully saturated rings. The lowest BCUT2D eigenvalue weighted by atomic mass is 9.86. The molecule has 0 N–H and O–H groups in total. The summed E-state index contributed by atoms with van der Waals surface area (Å²) in [5.74, 6) is 0.221. The van der Waals surface area contributed by atoms with Crippen LogP contribution in [0.2, 0.25) is 0 Å². The highest BCUT2D eigenvalue weighted by Gasteiger charge is 2.55. The lowest BCUT2D eigenvalue weighted by Gasteiger charge is -2.35. The molecule has 9 heteroatoms. The number of nitrogens with zero attached hydrogens (tertiary/aromatic N) is 2. The first kappa shape index (κ1) is 26.5. The standard InChI is InChI=1S/C30H32N2O7/c1-18-26-25(21-13-20(11-12-22(21)31-18)37-16-19-9-7-6-8-10-19)24(33)15-30(38-26)14-23(27(34)36-5)32(17-30)28(35)39-29(2,3)4/h6-13,23H,14-17H2,1-5H3/t23-,30?/m0/s1. The van der Waals surface area contributed by atoms with Crippen LogP contribution in [0.15, 0.2) is 48.5 Å². The number of rotatable bonds is 4. The van der Waals surface area contributed by atoms with Crippen LogP contribution in [-0.2, 0) is 20.9 Å². The molecule has 2 aliphatic rings. The number of aryl methyl sites for hydroxylation is 1. The fraction of sp³-hybridized carbons (Fsp3) is 0.400. The van der Waals surface area contributed by atoms with Gasteiger partial charge in [0.2, 0.25) is 0 Å². The largest absolute Gasteiger partial charge is 0.489 e. The van der Waals surface area contributed by atoms with E-state index in [2.05, 4.69) is 4.98 Å². The highest BCUT2D eigenvalue weighted by molar-refractivity contribution is 6.11. The Bertz CT molecular complexity index is 1450. The number of methoxy groups -OCH3 is 1. The lowest BCUT2D eigenvalue weighted by molar-refractivity contribution is -0.145. The topological polar surface area (TPSA) is 104 Å². The Hall–Kier alpha value is -4.14. The summed E-state index contributed by atoms with van der Waals surface area (Å²) in [6, 6.07) is 14.3. The van der Waals surface area contributed by atoms with Gasteiger partial charge in [-0.1, -0.05) is 30.3 Å². The molecule has 1 spiro atoms. The second kappa shape index (κ2) is 9.87. The number of aromatic nitrogens is 1. The van der Waals surface area contributed by atoms with Crippen LogP contribution in [0.3, 0.4) is 0 Å². The van der Waals surface area contributed by atoms with Crippen molar-refractivity contribution in [1.29, 1.82) is 0 Å². The highest BCUT2D eigenvalue weighted by Crippen LogP contribution is 2.45. The molecule has 3 aromatic rings. The van der Waals surface area contributed by atoms with Crippen molar-refractivity contribution >= 4 is 28.7 Å². The van der Waals surface area contributed by atoms with Gasteiger partial charge in [-0.2, -0.15) is 0 Å². The molecule has 39 heavy (non-hydrogen) atoms. The van der Waals surface area contributed by atoms with Crippen molar-refractivity contribution in [2.75, 3.05) is 13.7 Å². The van der Waals surface area contributed by atoms with Gasteiger partial charge in [0, 0.05) is 11.8 Å². The number of benzene rings is 2. The molecule has 1 aromatic heterocycles. The van der Waals surface area contributed by atoms with Crippen LogP contribution in [-0.4, -0.2) is 58.6 Å². The van der Waals surface area contributed by atoms with E-state index in [0.717, 1.165) is 5.56 Å². The van der Waals surface area contributed by atoms with Crippen molar-refractivity contribution in [2.24, 2.45) is 0 Å². The van der Waals surface area contributed by atoms with Crippen molar-refractivity contribution in [3.05, 3.63) is 65.4 Å². The number of ether oxygens (including phenoxy) is 4. The van der Waals surface area contributed by atoms with E-state index in [4.69, 9.17) is 18.9 Å². The molecule has 204 valence electrons. The number of pyridine rings is 1. The van der Waals surface area contributed by atoms with E-state index in [1.165, 1.54) is 12.0 Å². The molecule has 2 atom stereocenters. The molecule has 2 aliphatic heterocycles. The van der Waals surface area contributed by atoms with Gasteiger partial charge in [-0.3, -0.25) is 9.69 Å². The Morgan fingerprint density at radius 3 is 2.59 bits per heavy atom. The summed E-state index contributed by atoms with van der Waals surface area (Å²) in [7, 11) is 1.26. The second-order valence-electron chi connectivity index (χ2n) is 11.1. The Balaban J connectivity index is 1.48. The van der Waals surface area contributed by atoms with E-state index in [0.29, 0.717) is 40.3 Å². The third-order valence-electron chi connectivity index (χ3n) is 6.91. The van der Waals surface area contributed by atoms with Crippen molar-refractivity contribution in [2.45, 2.75) is 64.4 Å². The average molecular weight is 533 g/mol. The zero-order valence-corrected chi connectivity index (χ0v) is 22.8. The lowest BCUT2D eigenvalue weighted by Crippen LogP contribution is -2.47. The van der Waals surface area contributed by atoms with E-state index in [1.807, 2.05) is 48.5 Å². The van der Waals surface area contributed by atoms with Crippen LogP contribution in [0.5, 0.6) is 11.5 Å². The van der Waals surface area contributed by atoms with Crippen LogP contribution >= 0.6 is 0 Å². The predicted octanol–water partition coefficient (Wildman–Crippen LogP) is 5.01. The highest BCUT2D eigenvalue weighted by atomic mass is 16.6. The van der Waals surface area contributed by atoms with Crippen molar-refractivity contribution in [3.63, 3.8) is 0 Å². The van der Waals surface area contributed by atoms with Crippen LogP contribution < -0.4 is 9.47 Å². The normalized spacial score (nSPS) is 20.5. The number of hydrogen-bond donors (Lipinski definition) is 0. The van der Waals surface area contributed by atoms with Crippen LogP contribution in [0.25, 0.3) is 10.9 Å². The minimum atomic E-state index is -1.11. The van der Waals surface area contributed by atoms with Crippen molar-refractivity contribution < 1.29 is 33.3 Å². The minimum absolute atomic E-state index is 0.00453. The summed E-state index contributed by atoms with van der Waals surface area (Å²) in [6.07, 6.45) is -0.576. The molecule has 1 unspecified atom stereocenters. The molecule has 5 rings (SSSR count). The predicted molar refractivity (Wildman–Crippen MR) is 143 cm³/mol. The molecule has 9 nitrogen and oxygen atoms in total. The zero-order chi connectivity index (χ0) is 27.9. The minimum Gasteiger partial charge on any atom is -0.489 e. The smallest absolute Gasteiger partial charge is 0.411 e. The first-order chi connectivity index (χ1) is 18.5. The maximum atomic E-state index is 13.8. The molecular weight excluding hydrogens is 500 g/mol. The van der Waals surface area contributed by atoms with Crippen molar-refractivity contribution in [3.8, 4) is 11.5 Å². The van der Waals surface area contributed by atoms with Gasteiger partial charge in [-0.25, -0.2) is 14.6 Å². The van der Waals surface area contributed by atoms with Gasteiger partial charge < -0.3 is 18.9 Å². The average Bonchev–Trinajstić information content (AvgIpc) is 3.25. The number of amides is 1. The Morgan fingerprint density at radius 2 is 1.90 bits per heavy atom. The number of Topliss-reactive ketones (excluding diaryl/α,β-unsaturated/α-hetero) is 1. The quantitative estimate of drug-likeness (QED) is 0.432. The second-order valence-corrected chi connectivity index (χ2v) is 11.1. The van der Waals surface area contributed by atoms with Crippen LogP contribution in [0, 0.1) is 6.92 Å². The maximum absolute atomic E-state index is 13.8. The summed E-state index contributed by atoms with van der Waals surface area (Å²) < 4.78 is 23.0. The number of hydrogen-bond acceptors (Lipinski definition) is 8. The van der Waals surface area contributed by atoms with E-state index in [-0.39, 0.29) is 25.2 Å². The third-order valence-corrected chi connectivity index (χ3v) is 6.91. The molecule has 1 saturated heterocycles. The van der Waals surface area contributed by atoms with Gasteiger partial charge in [0.1, 0.15) is 29.6 Å². The monoisotopic (exact) mass is 532 g/mol. The molecule has 0 aliphatic carbocycles. The summed E-state index contributed by atoms with van der Waals surface area (Å²) in [5.41, 5.74) is 0.788. The van der Waals surface area contributed by atoms with Gasteiger partial charge in [0.25, 0.3) is 0 Å². The summed E-state index contributed by atoms with van der Waals surface area (Å²) in [4.78, 5) is 45.4. The molecule has 2 aromatic carbocycles. The number of carbonyl (C=O) groups is 3. The number of carbonyl (C=O) groups excluding carboxylic acids is 3. The maximum Gasteiger partial charge on any atom is 0.411 e. The summed E-state index contributed by atoms with van der Waals surface area (Å²) >= 11 is 0. The Kier molecular flexibility index (Phi) is 6.70. The first-order valence-corrected chi connectivity index (χ1v) is 12.9. The molecule has 1 amide bonds. The third kappa shape index (κ3) is 5.26. The van der Waals surface area contributed by atoms with Gasteiger partial charge in [0.05, 0.1) is 36.8 Å². The van der Waals surface area contributed by atoms with Crippen molar-refractivity contribution in [1.82, 2.24) is 9.88 Å². The zero-order valence-electron chi connectivity index (χ0n) is 22.8. The molecular formula is C30H32N2O7. The first-order valence-electron chi connectivity index (χ1n) is 12.9. The van der Waals surface area contributed by atoms with Gasteiger partial charge in [-0.05, 0) is 51.5 Å². The van der Waals surface area contributed by atoms with E-state index in [9.17, 15) is 14.4 Å². The van der Waals surface area contributed by atoms with Crippen LogP contribution in [0.4, 0.5) is 4.79 Å². The molecule has 3 heterocycles. The van der Waals surface area contributed by atoms with E-state index in [1.54, 1.807) is 27.7 Å². The van der Waals surface area contributed by atoms with Gasteiger partial charge in [-0.15, -0.1) is 0 Å². The molecule has 0 radical (unpaired) electrons. The van der Waals surface area contributed by atoms with Gasteiger partial charge in [0.15, 0.2) is 11.5 Å².